The van der Waals surface area contributed by atoms with E-state index in [1.807, 2.05) is 36.0 Å². The third kappa shape index (κ3) is 1.99. The van der Waals surface area contributed by atoms with Gasteiger partial charge in [-0.05, 0) is 22.0 Å². The number of hydrogen-bond donors (Lipinski definition) is 2. The second-order valence-corrected chi connectivity index (χ2v) is 5.20. The van der Waals surface area contributed by atoms with Crippen LogP contribution in [0.25, 0.3) is 22.2 Å². The molecule has 1 aromatic carbocycles. The number of imidazole rings is 1. The van der Waals surface area contributed by atoms with Crippen molar-refractivity contribution >= 4 is 26.8 Å². The van der Waals surface area contributed by atoms with Crippen molar-refractivity contribution in [2.45, 2.75) is 6.42 Å². The van der Waals surface area contributed by atoms with Crippen molar-refractivity contribution in [2.24, 2.45) is 7.05 Å². The van der Waals surface area contributed by atoms with E-state index in [1.54, 1.807) is 0 Å². The predicted molar refractivity (Wildman–Crippen MR) is 79.0 cm³/mol. The number of halogens is 1. The fourth-order valence-electron chi connectivity index (χ4n) is 2.28. The molecule has 0 amide bonds. The molecule has 0 aliphatic rings. The molecule has 5 heteroatoms. The van der Waals surface area contributed by atoms with Crippen LogP contribution in [0.4, 0.5) is 0 Å². The summed E-state index contributed by atoms with van der Waals surface area (Å²) in [5, 5.41) is 10.2. The van der Waals surface area contributed by atoms with Gasteiger partial charge in [0.1, 0.15) is 16.1 Å². The SMILES string of the molecule is Cn1c(CCO)nc(-c2c[nH]c3ccccc23)c1Br. The third-order valence-electron chi connectivity index (χ3n) is 3.30. The van der Waals surface area contributed by atoms with E-state index >= 15 is 0 Å². The molecule has 0 spiro atoms. The molecule has 0 aliphatic heterocycles. The van der Waals surface area contributed by atoms with Crippen LogP contribution < -0.4 is 0 Å². The fraction of sp³-hybridized carbons (Fsp3) is 0.214. The van der Waals surface area contributed by atoms with Crippen molar-refractivity contribution in [3.8, 4) is 11.3 Å². The van der Waals surface area contributed by atoms with E-state index in [4.69, 9.17) is 5.11 Å². The second kappa shape index (κ2) is 4.83. The quantitative estimate of drug-likeness (QED) is 0.780. The number of para-hydroxylation sites is 1. The highest BCUT2D eigenvalue weighted by atomic mass is 79.9. The van der Waals surface area contributed by atoms with Crippen molar-refractivity contribution in [1.29, 1.82) is 0 Å². The number of hydrogen-bond acceptors (Lipinski definition) is 2. The molecule has 0 unspecified atom stereocenters. The van der Waals surface area contributed by atoms with Gasteiger partial charge in [0, 0.05) is 36.1 Å². The van der Waals surface area contributed by atoms with E-state index in [2.05, 4.69) is 32.0 Å². The molecular formula is C14H14BrN3O. The highest BCUT2D eigenvalue weighted by molar-refractivity contribution is 9.10. The Morgan fingerprint density at radius 1 is 1.37 bits per heavy atom. The number of nitrogens with one attached hydrogen (secondary N) is 1. The molecule has 0 saturated carbocycles. The van der Waals surface area contributed by atoms with Crippen LogP contribution in [0, 0.1) is 0 Å². The molecule has 19 heavy (non-hydrogen) atoms. The number of H-pyrrole nitrogens is 1. The zero-order valence-corrected chi connectivity index (χ0v) is 12.1. The Hall–Kier alpha value is -1.59. The van der Waals surface area contributed by atoms with Gasteiger partial charge in [-0.25, -0.2) is 4.98 Å². The molecule has 3 aromatic rings. The Bertz CT molecular complexity index is 729. The van der Waals surface area contributed by atoms with Gasteiger partial charge < -0.3 is 14.7 Å². The number of rotatable bonds is 3. The number of aliphatic hydroxyl groups excluding tert-OH is 1. The summed E-state index contributed by atoms with van der Waals surface area (Å²) in [5.74, 6) is 0.870. The van der Waals surface area contributed by atoms with Crippen LogP contribution in [0.2, 0.25) is 0 Å². The van der Waals surface area contributed by atoms with Gasteiger partial charge in [0.25, 0.3) is 0 Å². The van der Waals surface area contributed by atoms with Crippen LogP contribution in [-0.4, -0.2) is 26.2 Å². The lowest BCUT2D eigenvalue weighted by Crippen LogP contribution is -2.00. The summed E-state index contributed by atoms with van der Waals surface area (Å²) in [5.41, 5.74) is 3.07. The maximum atomic E-state index is 9.07. The van der Waals surface area contributed by atoms with Crippen molar-refractivity contribution in [1.82, 2.24) is 14.5 Å². The molecule has 0 atom stereocenters. The number of aliphatic hydroxyl groups is 1. The summed E-state index contributed by atoms with van der Waals surface area (Å²) in [6, 6.07) is 8.15. The maximum Gasteiger partial charge on any atom is 0.112 e. The minimum atomic E-state index is 0.102. The zero-order chi connectivity index (χ0) is 13.4. The minimum Gasteiger partial charge on any atom is -0.396 e. The summed E-state index contributed by atoms with van der Waals surface area (Å²) < 4.78 is 2.90. The van der Waals surface area contributed by atoms with Gasteiger partial charge in [-0.2, -0.15) is 0 Å². The van der Waals surface area contributed by atoms with Gasteiger partial charge >= 0.3 is 0 Å². The Labute approximate surface area is 119 Å². The Morgan fingerprint density at radius 2 is 2.16 bits per heavy atom. The van der Waals surface area contributed by atoms with Crippen molar-refractivity contribution < 1.29 is 5.11 Å². The molecule has 2 aromatic heterocycles. The smallest absolute Gasteiger partial charge is 0.112 e. The topological polar surface area (TPSA) is 53.8 Å². The Kier molecular flexibility index (Phi) is 3.16. The molecule has 4 nitrogen and oxygen atoms in total. The molecule has 2 heterocycles. The number of fused-ring (bicyclic) bond motifs is 1. The first kappa shape index (κ1) is 12.4. The van der Waals surface area contributed by atoms with Gasteiger partial charge in [0.05, 0.1) is 6.61 Å². The van der Waals surface area contributed by atoms with Crippen LogP contribution in [0.1, 0.15) is 5.82 Å². The Morgan fingerprint density at radius 3 is 2.95 bits per heavy atom. The summed E-state index contributed by atoms with van der Waals surface area (Å²) in [4.78, 5) is 7.88. The molecule has 0 saturated heterocycles. The molecule has 98 valence electrons. The third-order valence-corrected chi connectivity index (χ3v) is 4.21. The van der Waals surface area contributed by atoms with E-state index in [0.29, 0.717) is 6.42 Å². The molecule has 2 N–H and O–H groups in total. The summed E-state index contributed by atoms with van der Waals surface area (Å²) in [6.07, 6.45) is 2.53. The summed E-state index contributed by atoms with van der Waals surface area (Å²) >= 11 is 3.58. The maximum absolute atomic E-state index is 9.07. The van der Waals surface area contributed by atoms with Crippen LogP contribution in [0.3, 0.4) is 0 Å². The van der Waals surface area contributed by atoms with Crippen molar-refractivity contribution in [2.75, 3.05) is 6.61 Å². The fourth-order valence-corrected chi connectivity index (χ4v) is 2.79. The van der Waals surface area contributed by atoms with Crippen LogP contribution >= 0.6 is 15.9 Å². The lowest BCUT2D eigenvalue weighted by molar-refractivity contribution is 0.295. The predicted octanol–water partition coefficient (Wildman–Crippen LogP) is 2.87. The lowest BCUT2D eigenvalue weighted by Gasteiger charge is -1.99. The number of nitrogens with zero attached hydrogens (tertiary/aromatic N) is 2. The monoisotopic (exact) mass is 319 g/mol. The number of aromatic nitrogens is 3. The number of benzene rings is 1. The molecule has 3 rings (SSSR count). The van der Waals surface area contributed by atoms with E-state index in [9.17, 15) is 0 Å². The van der Waals surface area contributed by atoms with Crippen LogP contribution in [0.5, 0.6) is 0 Å². The zero-order valence-electron chi connectivity index (χ0n) is 10.5. The highest BCUT2D eigenvalue weighted by Crippen LogP contribution is 2.33. The van der Waals surface area contributed by atoms with Crippen LogP contribution in [-0.2, 0) is 13.5 Å². The normalized spacial score (nSPS) is 11.3. The first-order valence-corrected chi connectivity index (χ1v) is 6.90. The molecular weight excluding hydrogens is 306 g/mol. The standard InChI is InChI=1S/C14H14BrN3O/c1-18-12(6-7-19)17-13(14(18)15)10-8-16-11-5-3-2-4-9(10)11/h2-5,8,16,19H,6-7H2,1H3. The van der Waals surface area contributed by atoms with Gasteiger partial charge in [-0.3, -0.25) is 0 Å². The van der Waals surface area contributed by atoms with Gasteiger partial charge in [-0.15, -0.1) is 0 Å². The average Bonchev–Trinajstić information content (AvgIpc) is 2.96. The van der Waals surface area contributed by atoms with Crippen molar-refractivity contribution in [3.63, 3.8) is 0 Å². The summed E-state index contributed by atoms with van der Waals surface area (Å²) in [6.45, 7) is 0.102. The van der Waals surface area contributed by atoms with E-state index in [1.165, 1.54) is 0 Å². The van der Waals surface area contributed by atoms with Gasteiger partial charge in [-0.1, -0.05) is 18.2 Å². The average molecular weight is 320 g/mol. The Balaban J connectivity index is 2.19. The minimum absolute atomic E-state index is 0.102. The largest absolute Gasteiger partial charge is 0.396 e. The number of aromatic amines is 1. The molecule has 0 aliphatic carbocycles. The van der Waals surface area contributed by atoms with Gasteiger partial charge in [0.2, 0.25) is 0 Å². The second-order valence-electron chi connectivity index (χ2n) is 4.45. The first-order chi connectivity index (χ1) is 9.22. The van der Waals surface area contributed by atoms with Crippen molar-refractivity contribution in [3.05, 3.63) is 40.9 Å². The molecule has 0 fully saturated rings. The summed E-state index contributed by atoms with van der Waals surface area (Å²) in [7, 11) is 1.94. The van der Waals surface area contributed by atoms with Crippen LogP contribution in [0.15, 0.2) is 35.1 Å². The van der Waals surface area contributed by atoms with Gasteiger partial charge in [0.15, 0.2) is 0 Å². The molecule has 0 bridgehead atoms. The first-order valence-electron chi connectivity index (χ1n) is 6.11. The molecule has 0 radical (unpaired) electrons. The van der Waals surface area contributed by atoms with E-state index in [0.717, 1.165) is 32.6 Å². The van der Waals surface area contributed by atoms with E-state index < -0.39 is 0 Å². The van der Waals surface area contributed by atoms with E-state index in [-0.39, 0.29) is 6.61 Å². The highest BCUT2D eigenvalue weighted by Gasteiger charge is 2.16. The lowest BCUT2D eigenvalue weighted by atomic mass is 10.1.